The number of thiazole rings is 2. The fraction of sp³-hybridized carbons (Fsp3) is 0.0769. The molecule has 64 heavy (non-hydrogen) atoms. The van der Waals surface area contributed by atoms with Gasteiger partial charge in [-0.15, -0.1) is 22.7 Å². The second kappa shape index (κ2) is 19.6. The van der Waals surface area contributed by atoms with Crippen molar-refractivity contribution in [1.29, 1.82) is 0 Å². The fourth-order valence-electron chi connectivity index (χ4n) is 5.22. The molecule has 3 heterocycles. The van der Waals surface area contributed by atoms with E-state index in [4.69, 9.17) is 9.47 Å². The Kier molecular flexibility index (Phi) is 14.5. The quantitative estimate of drug-likeness (QED) is 0.0677. The van der Waals surface area contributed by atoms with Gasteiger partial charge in [-0.3, -0.25) is 19.0 Å². The zero-order valence-corrected chi connectivity index (χ0v) is 36.6. The van der Waals surface area contributed by atoms with E-state index < -0.39 is 55.0 Å². The van der Waals surface area contributed by atoms with Crippen molar-refractivity contribution >= 4 is 104 Å². The predicted molar refractivity (Wildman–Crippen MR) is 231 cm³/mol. The fourth-order valence-corrected chi connectivity index (χ4v) is 9.26. The van der Waals surface area contributed by atoms with Crippen LogP contribution < -0.4 is 29.6 Å². The third kappa shape index (κ3) is 12.7. The molecule has 0 unspecified atom stereocenters. The van der Waals surface area contributed by atoms with Gasteiger partial charge in [0.15, 0.2) is 21.8 Å². The van der Waals surface area contributed by atoms with Gasteiger partial charge in [0.1, 0.15) is 0 Å². The smallest absolute Gasteiger partial charge is 0.416 e. The van der Waals surface area contributed by atoms with E-state index in [0.29, 0.717) is 47.5 Å². The summed E-state index contributed by atoms with van der Waals surface area (Å²) in [5.74, 6) is -0.0533. The van der Waals surface area contributed by atoms with Gasteiger partial charge in [0, 0.05) is 51.2 Å². The molecule has 0 spiro atoms. The van der Waals surface area contributed by atoms with Gasteiger partial charge in [-0.2, -0.15) is 26.3 Å². The first-order chi connectivity index (χ1) is 30.2. The number of amides is 2. The molecular formula is C39H27BrF6N6O8S4. The van der Waals surface area contributed by atoms with E-state index >= 15 is 0 Å². The lowest BCUT2D eigenvalue weighted by Gasteiger charge is -2.13. The summed E-state index contributed by atoms with van der Waals surface area (Å²) >= 11 is 5.68. The van der Waals surface area contributed by atoms with Crippen LogP contribution in [0.1, 0.15) is 22.3 Å². The van der Waals surface area contributed by atoms with Gasteiger partial charge >= 0.3 is 12.4 Å². The highest BCUT2D eigenvalue weighted by molar-refractivity contribution is 9.10. The molecule has 0 radical (unpaired) electrons. The summed E-state index contributed by atoms with van der Waals surface area (Å²) < 4.78 is 143. The Hall–Kier alpha value is -6.28. The molecule has 25 heteroatoms. The Balaban J connectivity index is 0.000000214. The van der Waals surface area contributed by atoms with Crippen LogP contribution in [0.3, 0.4) is 0 Å². The van der Waals surface area contributed by atoms with E-state index in [2.05, 4.69) is 46.0 Å². The van der Waals surface area contributed by atoms with Crippen LogP contribution in [-0.2, 0) is 42.0 Å². The summed E-state index contributed by atoms with van der Waals surface area (Å²) in [4.78, 5) is 31.9. The first-order valence-corrected chi connectivity index (χ1v) is 23.1. The molecule has 1 aliphatic rings. The minimum absolute atomic E-state index is 0.0653. The summed E-state index contributed by atoms with van der Waals surface area (Å²) in [5.41, 5.74) is -2.17. The van der Waals surface area contributed by atoms with Crippen molar-refractivity contribution in [3.8, 4) is 11.5 Å². The van der Waals surface area contributed by atoms with Gasteiger partial charge in [-0.1, -0.05) is 15.9 Å². The van der Waals surface area contributed by atoms with E-state index in [1.807, 2.05) is 0 Å². The van der Waals surface area contributed by atoms with E-state index in [1.165, 1.54) is 78.3 Å². The molecule has 4 aromatic carbocycles. The summed E-state index contributed by atoms with van der Waals surface area (Å²) in [6.45, 7) is 0.167. The number of rotatable bonds is 12. The molecule has 0 saturated carbocycles. The molecule has 4 N–H and O–H groups in total. The lowest BCUT2D eigenvalue weighted by atomic mass is 10.0. The van der Waals surface area contributed by atoms with Crippen LogP contribution in [0.5, 0.6) is 11.5 Å². The molecule has 2 aromatic heterocycles. The molecule has 6 aromatic rings. The van der Waals surface area contributed by atoms with Gasteiger partial charge in [-0.25, -0.2) is 26.8 Å². The van der Waals surface area contributed by atoms with Crippen molar-refractivity contribution in [3.63, 3.8) is 0 Å². The van der Waals surface area contributed by atoms with Gasteiger partial charge < -0.3 is 20.1 Å². The summed E-state index contributed by atoms with van der Waals surface area (Å²) in [6.07, 6.45) is -2.62. The second-order valence-electron chi connectivity index (χ2n) is 12.6. The van der Waals surface area contributed by atoms with Crippen LogP contribution in [0.25, 0.3) is 12.2 Å². The van der Waals surface area contributed by atoms with E-state index in [-0.39, 0.29) is 38.4 Å². The Morgan fingerprint density at radius 1 is 0.641 bits per heavy atom. The standard InChI is InChI=1S/C20H13F6N3O3S2.C19H14BrN3O5S2/c21-19(22,23)13-2-7-16(20(24,25)26)12(11-13)1-8-17(30)28-14-3-5-15(6-4-14)34(31,32)29-18-27-9-10-33-18;20-15-10-17-16(27-11-28-17)9-12(15)1-6-18(24)22-13-2-4-14(5-3-13)30(25,26)23-19-21-7-8-29-19/h1-11H,(H,27,29)(H,28,30);1-10H,11H2,(H,21,23)(H,22,24)/b8-1+;6-1+. The third-order valence-corrected chi connectivity index (χ3v) is 13.2. The number of benzene rings is 4. The lowest BCUT2D eigenvalue weighted by Crippen LogP contribution is -2.13. The van der Waals surface area contributed by atoms with Gasteiger partial charge in [-0.05, 0) is 102 Å². The highest BCUT2D eigenvalue weighted by Crippen LogP contribution is 2.38. The van der Waals surface area contributed by atoms with Gasteiger partial charge in [0.05, 0.1) is 20.9 Å². The van der Waals surface area contributed by atoms with E-state index in [0.717, 1.165) is 21.4 Å². The number of nitrogens with zero attached hydrogens (tertiary/aromatic N) is 2. The number of alkyl halides is 6. The maximum atomic E-state index is 13.1. The Bertz CT molecular complexity index is 2920. The van der Waals surface area contributed by atoms with Crippen molar-refractivity contribution in [3.05, 3.63) is 141 Å². The number of aromatic nitrogens is 2. The zero-order valence-electron chi connectivity index (χ0n) is 31.8. The summed E-state index contributed by atoms with van der Waals surface area (Å²) in [7, 11) is -7.68. The molecule has 2 amide bonds. The highest BCUT2D eigenvalue weighted by atomic mass is 79.9. The minimum Gasteiger partial charge on any atom is -0.454 e. The van der Waals surface area contributed by atoms with Crippen molar-refractivity contribution in [2.75, 3.05) is 26.9 Å². The second-order valence-corrected chi connectivity index (χ2v) is 18.6. The van der Waals surface area contributed by atoms with E-state index in [9.17, 15) is 52.8 Å². The Morgan fingerprint density at radius 3 is 1.55 bits per heavy atom. The Labute approximate surface area is 375 Å². The normalized spacial score (nSPS) is 12.7. The topological polar surface area (TPSA) is 195 Å². The monoisotopic (exact) mass is 1030 g/mol. The molecule has 0 bridgehead atoms. The maximum absolute atomic E-state index is 13.1. The van der Waals surface area contributed by atoms with Crippen LogP contribution in [0.2, 0.25) is 0 Å². The molecule has 0 atom stereocenters. The molecule has 0 saturated heterocycles. The van der Waals surface area contributed by atoms with Crippen molar-refractivity contribution in [2.24, 2.45) is 0 Å². The number of sulfonamides is 2. The summed E-state index contributed by atoms with van der Waals surface area (Å²) in [5, 5.41) is 8.65. The number of nitrogens with one attached hydrogen (secondary N) is 4. The molecule has 1 aliphatic heterocycles. The first kappa shape index (κ1) is 47.2. The average molecular weight is 1030 g/mol. The lowest BCUT2D eigenvalue weighted by molar-refractivity contribution is -0.141. The SMILES string of the molecule is O=C(/C=C/c1cc(C(F)(F)F)ccc1C(F)(F)F)Nc1ccc(S(=O)(=O)Nc2nccs2)cc1.O=C(/C=C/c1cc2c(cc1Br)OCO2)Nc1ccc(S(=O)(=O)Nc2nccs2)cc1. The van der Waals surface area contributed by atoms with Crippen LogP contribution >= 0.6 is 38.6 Å². The van der Waals surface area contributed by atoms with Crippen molar-refractivity contribution in [1.82, 2.24) is 9.97 Å². The number of hydrogen-bond acceptors (Lipinski definition) is 12. The third-order valence-electron chi connectivity index (χ3n) is 8.18. The minimum atomic E-state index is -4.94. The predicted octanol–water partition coefficient (Wildman–Crippen LogP) is 9.72. The maximum Gasteiger partial charge on any atom is 0.416 e. The number of fused-ring (bicyclic) bond motifs is 1. The molecule has 14 nitrogen and oxygen atoms in total. The summed E-state index contributed by atoms with van der Waals surface area (Å²) in [6, 6.07) is 15.1. The first-order valence-electron chi connectivity index (χ1n) is 17.6. The number of carbonyl (C=O) groups is 2. The van der Waals surface area contributed by atoms with Crippen LogP contribution in [0.4, 0.5) is 48.0 Å². The molecule has 334 valence electrons. The van der Waals surface area contributed by atoms with Crippen molar-refractivity contribution in [2.45, 2.75) is 22.1 Å². The van der Waals surface area contributed by atoms with Crippen LogP contribution in [0.15, 0.2) is 128 Å². The number of hydrogen-bond donors (Lipinski definition) is 4. The zero-order chi connectivity index (χ0) is 46.3. The average Bonchev–Trinajstić information content (AvgIpc) is 4.03. The highest BCUT2D eigenvalue weighted by Gasteiger charge is 2.36. The molecule has 0 aliphatic carbocycles. The van der Waals surface area contributed by atoms with Gasteiger partial charge in [0.25, 0.3) is 20.0 Å². The molecule has 7 rings (SSSR count). The van der Waals surface area contributed by atoms with Crippen LogP contribution in [0, 0.1) is 0 Å². The number of anilines is 4. The van der Waals surface area contributed by atoms with Gasteiger partial charge in [0.2, 0.25) is 18.6 Å². The van der Waals surface area contributed by atoms with Crippen molar-refractivity contribution < 1.29 is 62.2 Å². The molecule has 0 fully saturated rings. The number of carbonyl (C=O) groups excluding carboxylic acids is 2. The number of halogens is 7. The molecular weight excluding hydrogens is 1000 g/mol. The Morgan fingerprint density at radius 2 is 1.11 bits per heavy atom. The number of ether oxygens (including phenoxy) is 2. The van der Waals surface area contributed by atoms with Crippen LogP contribution in [-0.4, -0.2) is 45.4 Å². The largest absolute Gasteiger partial charge is 0.454 e. The van der Waals surface area contributed by atoms with E-state index in [1.54, 1.807) is 29.0 Å².